The maximum absolute atomic E-state index is 11.1. The SMILES string of the molecule is CC(=O)N(Br)C(Cc1ccc(O)cc1)C(=O)O. The minimum Gasteiger partial charge on any atom is -0.508 e. The number of hydrogen-bond donors (Lipinski definition) is 2. The van der Waals surface area contributed by atoms with Crippen LogP contribution in [0.5, 0.6) is 5.75 Å². The van der Waals surface area contributed by atoms with Gasteiger partial charge in [-0.05, 0) is 17.7 Å². The molecule has 0 saturated heterocycles. The van der Waals surface area contributed by atoms with Crippen LogP contribution in [0.25, 0.3) is 0 Å². The number of nitrogens with zero attached hydrogens (tertiary/aromatic N) is 1. The lowest BCUT2D eigenvalue weighted by Crippen LogP contribution is -2.39. The summed E-state index contributed by atoms with van der Waals surface area (Å²) in [7, 11) is 0. The number of aliphatic carboxylic acids is 1. The van der Waals surface area contributed by atoms with Crippen LogP contribution in [0.1, 0.15) is 12.5 Å². The molecular formula is C11H12BrNO4. The fraction of sp³-hybridized carbons (Fsp3) is 0.273. The van der Waals surface area contributed by atoms with E-state index in [-0.39, 0.29) is 18.1 Å². The molecule has 0 radical (unpaired) electrons. The second-order valence-corrected chi connectivity index (χ2v) is 4.32. The number of hydrogen-bond acceptors (Lipinski definition) is 3. The third-order valence-electron chi connectivity index (χ3n) is 2.22. The smallest absolute Gasteiger partial charge is 0.327 e. The number of benzene rings is 1. The van der Waals surface area contributed by atoms with Gasteiger partial charge >= 0.3 is 5.97 Å². The number of halogens is 1. The molecule has 1 rings (SSSR count). The minimum absolute atomic E-state index is 0.114. The summed E-state index contributed by atoms with van der Waals surface area (Å²) >= 11 is 2.93. The molecule has 0 heterocycles. The van der Waals surface area contributed by atoms with Crippen LogP contribution >= 0.6 is 16.1 Å². The fourth-order valence-corrected chi connectivity index (χ4v) is 1.66. The van der Waals surface area contributed by atoms with Gasteiger partial charge in [-0.25, -0.2) is 4.79 Å². The molecule has 0 saturated carbocycles. The maximum Gasteiger partial charge on any atom is 0.327 e. The van der Waals surface area contributed by atoms with Gasteiger partial charge < -0.3 is 10.2 Å². The van der Waals surface area contributed by atoms with Crippen molar-refractivity contribution >= 4 is 28.0 Å². The highest BCUT2D eigenvalue weighted by atomic mass is 79.9. The number of amides is 1. The van der Waals surface area contributed by atoms with E-state index >= 15 is 0 Å². The normalized spacial score (nSPS) is 11.9. The summed E-state index contributed by atoms with van der Waals surface area (Å²) in [5.74, 6) is -1.36. The molecule has 5 nitrogen and oxygen atoms in total. The third-order valence-corrected chi connectivity index (χ3v) is 3.22. The summed E-state index contributed by atoms with van der Waals surface area (Å²) in [6, 6.07) is 5.21. The number of phenols is 1. The average Bonchev–Trinajstić information content (AvgIpc) is 2.26. The van der Waals surface area contributed by atoms with Crippen LogP contribution in [0.4, 0.5) is 0 Å². The number of aromatic hydroxyl groups is 1. The van der Waals surface area contributed by atoms with Crippen LogP contribution in [0.2, 0.25) is 0 Å². The second-order valence-electron chi connectivity index (χ2n) is 3.55. The van der Waals surface area contributed by atoms with E-state index in [1.165, 1.54) is 19.1 Å². The van der Waals surface area contributed by atoms with Crippen molar-refractivity contribution in [2.45, 2.75) is 19.4 Å². The van der Waals surface area contributed by atoms with Gasteiger partial charge in [-0.3, -0.25) is 8.72 Å². The molecule has 0 aliphatic carbocycles. The van der Waals surface area contributed by atoms with Crippen molar-refractivity contribution in [1.29, 1.82) is 0 Å². The van der Waals surface area contributed by atoms with E-state index in [1.54, 1.807) is 12.1 Å². The van der Waals surface area contributed by atoms with Crippen molar-refractivity contribution in [3.8, 4) is 5.75 Å². The van der Waals surface area contributed by atoms with Gasteiger partial charge in [0, 0.05) is 13.3 Å². The van der Waals surface area contributed by atoms with Gasteiger partial charge in [-0.1, -0.05) is 12.1 Å². The highest BCUT2D eigenvalue weighted by Crippen LogP contribution is 2.16. The Hall–Kier alpha value is -1.56. The molecule has 6 heteroatoms. The van der Waals surface area contributed by atoms with E-state index in [0.717, 1.165) is 9.49 Å². The lowest BCUT2D eigenvalue weighted by atomic mass is 10.1. The largest absolute Gasteiger partial charge is 0.508 e. The van der Waals surface area contributed by atoms with E-state index in [0.29, 0.717) is 0 Å². The number of phenolic OH excluding ortho intramolecular Hbond substituents is 1. The number of carbonyl (C=O) groups excluding carboxylic acids is 1. The Labute approximate surface area is 107 Å². The molecule has 1 aromatic rings. The molecule has 0 bridgehead atoms. The zero-order valence-corrected chi connectivity index (χ0v) is 10.7. The molecule has 1 amide bonds. The quantitative estimate of drug-likeness (QED) is 0.827. The van der Waals surface area contributed by atoms with Gasteiger partial charge in [0.25, 0.3) is 0 Å². The molecule has 0 spiro atoms. The molecule has 0 aromatic heterocycles. The molecule has 0 aliphatic rings. The topological polar surface area (TPSA) is 77.8 Å². The standard InChI is InChI=1S/C11H12BrNO4/c1-7(14)13(12)10(11(16)17)6-8-2-4-9(15)5-3-8/h2-5,10,15H,6H2,1H3,(H,16,17). The Balaban J connectivity index is 2.84. The van der Waals surface area contributed by atoms with Crippen LogP contribution in [-0.4, -0.2) is 32.1 Å². The van der Waals surface area contributed by atoms with Crippen LogP contribution < -0.4 is 0 Å². The molecule has 17 heavy (non-hydrogen) atoms. The van der Waals surface area contributed by atoms with Gasteiger partial charge in [0.05, 0.1) is 16.1 Å². The molecule has 1 aromatic carbocycles. The zero-order chi connectivity index (χ0) is 13.0. The number of carboxylic acids is 1. The summed E-state index contributed by atoms with van der Waals surface area (Å²) in [6.07, 6.45) is 0.167. The van der Waals surface area contributed by atoms with E-state index in [9.17, 15) is 9.59 Å². The third kappa shape index (κ3) is 3.74. The average molecular weight is 302 g/mol. The summed E-state index contributed by atoms with van der Waals surface area (Å²) in [4.78, 5) is 22.2. The van der Waals surface area contributed by atoms with Crippen LogP contribution in [0.3, 0.4) is 0 Å². The summed E-state index contributed by atoms with van der Waals surface area (Å²) in [6.45, 7) is 1.28. The van der Waals surface area contributed by atoms with Gasteiger partial charge in [0.2, 0.25) is 5.91 Å². The lowest BCUT2D eigenvalue weighted by Gasteiger charge is -2.21. The number of carboxylic acid groups (broad SMARTS) is 1. The van der Waals surface area contributed by atoms with Crippen LogP contribution in [0, 0.1) is 0 Å². The summed E-state index contributed by atoms with van der Waals surface area (Å²) in [5.41, 5.74) is 0.723. The highest BCUT2D eigenvalue weighted by Gasteiger charge is 2.26. The molecule has 0 aliphatic heterocycles. The number of carbonyl (C=O) groups is 2. The van der Waals surface area contributed by atoms with E-state index in [1.807, 2.05) is 0 Å². The first-order chi connectivity index (χ1) is 7.91. The summed E-state index contributed by atoms with van der Waals surface area (Å²) < 4.78 is 1.00. The maximum atomic E-state index is 11.1. The first-order valence-corrected chi connectivity index (χ1v) is 5.59. The highest BCUT2D eigenvalue weighted by molar-refractivity contribution is 9.07. The van der Waals surface area contributed by atoms with E-state index in [4.69, 9.17) is 10.2 Å². The minimum atomic E-state index is -1.09. The molecule has 92 valence electrons. The van der Waals surface area contributed by atoms with Gasteiger partial charge in [0.1, 0.15) is 11.8 Å². The van der Waals surface area contributed by atoms with Crippen molar-refractivity contribution in [3.63, 3.8) is 0 Å². The predicted molar refractivity (Wildman–Crippen MR) is 64.7 cm³/mol. The van der Waals surface area contributed by atoms with Crippen molar-refractivity contribution in [1.82, 2.24) is 3.93 Å². The summed E-state index contributed by atoms with van der Waals surface area (Å²) in [5, 5.41) is 18.1. The first-order valence-electron chi connectivity index (χ1n) is 4.88. The molecule has 0 fully saturated rings. The van der Waals surface area contributed by atoms with Crippen molar-refractivity contribution < 1.29 is 19.8 Å². The fourth-order valence-electron chi connectivity index (χ4n) is 1.34. The Bertz CT molecular complexity index is 418. The van der Waals surface area contributed by atoms with Crippen LogP contribution in [-0.2, 0) is 16.0 Å². The monoisotopic (exact) mass is 301 g/mol. The lowest BCUT2D eigenvalue weighted by molar-refractivity contribution is -0.144. The van der Waals surface area contributed by atoms with Gasteiger partial charge in [-0.2, -0.15) is 0 Å². The van der Waals surface area contributed by atoms with Gasteiger partial charge in [-0.15, -0.1) is 0 Å². The van der Waals surface area contributed by atoms with Gasteiger partial charge in [0.15, 0.2) is 0 Å². The Kier molecular flexibility index (Phi) is 4.51. The zero-order valence-electron chi connectivity index (χ0n) is 9.13. The molecular weight excluding hydrogens is 290 g/mol. The van der Waals surface area contributed by atoms with Crippen molar-refractivity contribution in [3.05, 3.63) is 29.8 Å². The van der Waals surface area contributed by atoms with Crippen LogP contribution in [0.15, 0.2) is 24.3 Å². The molecule has 1 unspecified atom stereocenters. The predicted octanol–water partition coefficient (Wildman–Crippen LogP) is 1.55. The number of rotatable bonds is 4. The van der Waals surface area contributed by atoms with E-state index in [2.05, 4.69) is 16.1 Å². The first kappa shape index (κ1) is 13.5. The molecule has 2 N–H and O–H groups in total. The Morgan fingerprint density at radius 1 is 1.35 bits per heavy atom. The molecule has 1 atom stereocenters. The Morgan fingerprint density at radius 3 is 2.29 bits per heavy atom. The second kappa shape index (κ2) is 5.67. The Morgan fingerprint density at radius 2 is 1.88 bits per heavy atom. The van der Waals surface area contributed by atoms with Crippen molar-refractivity contribution in [2.24, 2.45) is 0 Å². The van der Waals surface area contributed by atoms with Crippen molar-refractivity contribution in [2.75, 3.05) is 0 Å². The van der Waals surface area contributed by atoms with E-state index < -0.39 is 12.0 Å².